The predicted octanol–water partition coefficient (Wildman–Crippen LogP) is 30.7. The van der Waals surface area contributed by atoms with Crippen LogP contribution in [-0.2, 0) is 35.2 Å². The second-order valence-electron chi connectivity index (χ2n) is 36.0. The Labute approximate surface area is 791 Å². The first kappa shape index (κ1) is 81.3. The lowest BCUT2D eigenvalue weighted by atomic mass is 9.92. The first-order valence-electron chi connectivity index (χ1n) is 48.3. The molecule has 5 heterocycles. The Hall–Kier alpha value is -15.7. The van der Waals surface area contributed by atoms with Crippen molar-refractivity contribution in [3.8, 4) is 56.3 Å². The smallest absolute Gasteiger partial charge is 0.207 e. The van der Waals surface area contributed by atoms with Gasteiger partial charge >= 0.3 is 0 Å². The van der Waals surface area contributed by atoms with Gasteiger partial charge in [-0.15, -0.1) is 0 Å². The molecule has 0 unspecified atom stereocenters. The predicted molar refractivity (Wildman–Crippen MR) is 558 cm³/mol. The highest BCUT2D eigenvalue weighted by Gasteiger charge is 2.30. The van der Waals surface area contributed by atoms with Crippen molar-refractivity contribution in [3.63, 3.8) is 0 Å². The first-order valence-corrected chi connectivity index (χ1v) is 45.8. The van der Waals surface area contributed by atoms with Crippen molar-refractivity contribution in [1.29, 1.82) is 0 Å². The van der Waals surface area contributed by atoms with Crippen LogP contribution in [0.1, 0.15) is 63.1 Å². The zero-order valence-electron chi connectivity index (χ0n) is 83.4. The summed E-state index contributed by atoms with van der Waals surface area (Å²) in [7, 11) is 10.1. The van der Waals surface area contributed by atoms with Crippen LogP contribution in [0.5, 0.6) is 0 Å². The Kier molecular flexibility index (Phi) is 21.3. The Morgan fingerprint density at radius 3 is 0.926 bits per heavy atom. The standard InChI is InChI=1S/4C26H21FN.C22H20N/c1-16-13-18-7-4-5-8-19(18)15-23(16)26-22-12-11-21-20(9-6-10-25(21)27)24(22)14-17(2)28(26)3;1-16-11-12-18-7-4-5-8-19(18)25(16)26-22-14-13-21-20(9-6-10-24(21)27)23(22)15-17(2)28(26)3;1-16-12-18-6-4-5-7-19(18)15-24(16)26-23-10-8-20-14-21(27)9-11-22(20)25(23)13-17(2)28(26)3;1-16-8-9-18-6-4-5-7-22(18)25(16)26-23-12-10-19-15-20(27)11-13-21(19)24(23)14-17(2)28(26)3;1-15-8-4-6-10-19(15)22-21-18(14-16(2)23(22)3)13-12-17-9-5-7-11-20(17)21/h4*4-15H,1-3H3;4-14H,1-3H3/q5*+1/i14D;15D;13D;2*14D. The quantitative estimate of drug-likeness (QED) is 0.0930. The van der Waals surface area contributed by atoms with Crippen molar-refractivity contribution < 1.29 is 47.3 Å². The maximum Gasteiger partial charge on any atom is 0.221 e. The Morgan fingerprint density at radius 2 is 0.489 bits per heavy atom. The van der Waals surface area contributed by atoms with Crippen molar-refractivity contribution in [2.75, 3.05) is 0 Å². The van der Waals surface area contributed by atoms with Gasteiger partial charge in [0, 0.05) is 103 Å². The minimum Gasteiger partial charge on any atom is -0.207 e. The SMILES string of the molecule is [2H]c1c(C)[n+](C)c(-c2c(C)ccc3ccccc23)c2ccc3c(F)cccc3c12.[2H]c1c(C)[n+](C)c(-c2c(C)ccc3ccccc23)c2ccc3cc(F)ccc3c12.[2H]c1c(C)[n+](C)c(-c2cc3ccccc3cc2C)c2ccc3c(F)cccc3c12.[2H]c1c(C)[n+](C)c(-c2cc3ccccc3cc2C)c2ccc3cc(F)ccc3c12.[2H]c1c(C)[n+](C)c(-c2ccccc2C)c2c1ccc1ccccc12. The molecule has 0 aliphatic heterocycles. The van der Waals surface area contributed by atoms with Crippen LogP contribution in [0.2, 0.25) is 0 Å². The van der Waals surface area contributed by atoms with Crippen LogP contribution in [-0.4, -0.2) is 0 Å². The molecule has 0 N–H and O–H groups in total. The molecule has 0 bridgehead atoms. The molecule has 0 fully saturated rings. The van der Waals surface area contributed by atoms with E-state index in [4.69, 9.17) is 6.85 Å². The van der Waals surface area contributed by atoms with Gasteiger partial charge in [0.2, 0.25) is 28.5 Å². The molecule has 9 heteroatoms. The summed E-state index contributed by atoms with van der Waals surface area (Å²) in [6.07, 6.45) is 0. The summed E-state index contributed by atoms with van der Waals surface area (Å²) in [6, 6.07) is 110. The van der Waals surface area contributed by atoms with Gasteiger partial charge in [-0.1, -0.05) is 249 Å². The zero-order valence-corrected chi connectivity index (χ0v) is 78.4. The topological polar surface area (TPSA) is 19.4 Å². The number of nitrogens with zero attached hydrogens (tertiary/aromatic N) is 5. The lowest BCUT2D eigenvalue weighted by molar-refractivity contribution is -0.665. The number of benzene rings is 19. The van der Waals surface area contributed by atoms with E-state index in [0.29, 0.717) is 41.0 Å². The second-order valence-corrected chi connectivity index (χ2v) is 36.0. The molecule has 656 valence electrons. The molecule has 0 atom stereocenters. The third-order valence-electron chi connectivity index (χ3n) is 27.7. The highest BCUT2D eigenvalue weighted by atomic mass is 19.1. The van der Waals surface area contributed by atoms with Gasteiger partial charge in [-0.3, -0.25) is 0 Å². The molecule has 24 aromatic rings. The molecule has 5 nitrogen and oxygen atoms in total. The van der Waals surface area contributed by atoms with Gasteiger partial charge < -0.3 is 0 Å². The minimum absolute atomic E-state index is 0.252. The monoisotopic (exact) mass is 1770 g/mol. The van der Waals surface area contributed by atoms with Crippen LogP contribution in [0.25, 0.3) is 207 Å². The van der Waals surface area contributed by atoms with Crippen LogP contribution in [0.4, 0.5) is 17.6 Å². The van der Waals surface area contributed by atoms with Gasteiger partial charge in [0.15, 0.2) is 28.5 Å². The molecule has 0 amide bonds. The van der Waals surface area contributed by atoms with E-state index in [1.54, 1.807) is 30.3 Å². The van der Waals surface area contributed by atoms with Crippen molar-refractivity contribution in [3.05, 3.63) is 437 Å². The number of halogens is 4. The first-order chi connectivity index (χ1) is 67.5. The number of hydrogen-bond donors (Lipinski definition) is 0. The third kappa shape index (κ3) is 15.7. The van der Waals surface area contributed by atoms with Crippen molar-refractivity contribution >= 4 is 151 Å². The Morgan fingerprint density at radius 1 is 0.185 bits per heavy atom. The zero-order chi connectivity index (χ0) is 98.0. The number of hydrogen-bond acceptors (Lipinski definition) is 0. The molecule has 0 aliphatic rings. The van der Waals surface area contributed by atoms with Gasteiger partial charge in [0.1, 0.15) is 58.5 Å². The van der Waals surface area contributed by atoms with E-state index in [1.807, 2.05) is 136 Å². The maximum atomic E-state index is 14.5. The Balaban J connectivity index is 0.000000108. The van der Waals surface area contributed by atoms with Crippen molar-refractivity contribution in [2.45, 2.75) is 69.2 Å². The van der Waals surface area contributed by atoms with E-state index in [1.165, 1.54) is 134 Å². The van der Waals surface area contributed by atoms with Crippen LogP contribution in [0.15, 0.2) is 358 Å². The molecule has 0 spiro atoms. The third-order valence-corrected chi connectivity index (χ3v) is 27.7. The minimum atomic E-state index is -0.258. The summed E-state index contributed by atoms with van der Waals surface area (Å²) < 4.78 is 111. The van der Waals surface area contributed by atoms with Gasteiger partial charge in [-0.25, -0.2) is 17.6 Å². The normalized spacial score (nSPS) is 12.0. The van der Waals surface area contributed by atoms with Crippen molar-refractivity contribution in [2.24, 2.45) is 35.2 Å². The molecule has 0 saturated heterocycles. The molecule has 5 aromatic heterocycles. The molecular formula is C126H104F4N5+5. The van der Waals surface area contributed by atoms with E-state index in [9.17, 15) is 17.6 Å². The average molecular weight is 1770 g/mol. The van der Waals surface area contributed by atoms with Gasteiger partial charge in [0.05, 0.1) is 56.0 Å². The lowest BCUT2D eigenvalue weighted by Crippen LogP contribution is -2.35. The lowest BCUT2D eigenvalue weighted by Gasteiger charge is -2.14. The van der Waals surface area contributed by atoms with Gasteiger partial charge in [-0.2, -0.15) is 22.8 Å². The number of aromatic nitrogens is 5. The Bertz CT molecular complexity index is 9390. The van der Waals surface area contributed by atoms with E-state index in [0.717, 1.165) is 149 Å². The molecule has 0 aliphatic carbocycles. The molecule has 0 saturated carbocycles. The molecule has 135 heavy (non-hydrogen) atoms. The fourth-order valence-corrected chi connectivity index (χ4v) is 20.3. The summed E-state index contributed by atoms with van der Waals surface area (Å²) in [5.41, 5.74) is 21.8. The average Bonchev–Trinajstić information content (AvgIpc) is 0.740. The summed E-state index contributed by atoms with van der Waals surface area (Å²) in [5, 5.41) is 27.6. The summed E-state index contributed by atoms with van der Waals surface area (Å²) in [4.78, 5) is 0. The summed E-state index contributed by atoms with van der Waals surface area (Å²) >= 11 is 0. The molecule has 19 aromatic carbocycles. The van der Waals surface area contributed by atoms with Gasteiger partial charge in [-0.05, 0) is 233 Å². The van der Waals surface area contributed by atoms with Gasteiger partial charge in [0.25, 0.3) is 0 Å². The number of fused-ring (bicyclic) bond motifs is 19. The second kappa shape index (κ2) is 35.4. The largest absolute Gasteiger partial charge is 0.221 e. The molecule has 24 rings (SSSR count). The highest BCUT2D eigenvalue weighted by molar-refractivity contribution is 6.18. The van der Waals surface area contributed by atoms with E-state index < -0.39 is 0 Å². The fraction of sp³-hybridized carbons (Fsp3) is 0.119. The number of aryl methyl sites for hydroxylation is 5. The van der Waals surface area contributed by atoms with Crippen LogP contribution in [0, 0.1) is 92.5 Å². The molecular weight excluding hydrogens is 1660 g/mol. The number of rotatable bonds is 5. The summed E-state index contributed by atoms with van der Waals surface area (Å²) in [6.45, 7) is 20.6. The van der Waals surface area contributed by atoms with E-state index in [-0.39, 0.29) is 23.3 Å². The number of pyridine rings is 5. The fourth-order valence-electron chi connectivity index (χ4n) is 20.3. The maximum absolute atomic E-state index is 14.5. The van der Waals surface area contributed by atoms with Crippen LogP contribution in [0.3, 0.4) is 0 Å². The highest BCUT2D eigenvalue weighted by Crippen LogP contribution is 2.44. The molecule has 0 radical (unpaired) electrons. The van der Waals surface area contributed by atoms with Crippen molar-refractivity contribution in [1.82, 2.24) is 0 Å². The van der Waals surface area contributed by atoms with Crippen LogP contribution < -0.4 is 22.8 Å². The summed E-state index contributed by atoms with van der Waals surface area (Å²) in [5.74, 6) is -1.02. The van der Waals surface area contributed by atoms with Crippen LogP contribution >= 0.6 is 0 Å². The van der Waals surface area contributed by atoms with E-state index in [2.05, 4.69) is 259 Å². The van der Waals surface area contributed by atoms with E-state index >= 15 is 0 Å².